The highest BCUT2D eigenvalue weighted by atomic mass is 32.1. The van der Waals surface area contributed by atoms with E-state index in [9.17, 15) is 9.59 Å². The Morgan fingerprint density at radius 2 is 1.61 bits per heavy atom. The molecule has 2 amide bonds. The van der Waals surface area contributed by atoms with Crippen LogP contribution in [0.15, 0.2) is 48.5 Å². The molecule has 0 radical (unpaired) electrons. The molecular formula is C24H31N3O5S. The zero-order valence-corrected chi connectivity index (χ0v) is 20.0. The summed E-state index contributed by atoms with van der Waals surface area (Å²) in [6, 6.07) is 13.5. The van der Waals surface area contributed by atoms with Crippen LogP contribution in [0, 0.1) is 5.92 Å². The van der Waals surface area contributed by atoms with Crippen molar-refractivity contribution in [3.05, 3.63) is 59.7 Å². The Hall–Kier alpha value is -3.17. The van der Waals surface area contributed by atoms with Crippen molar-refractivity contribution in [1.29, 1.82) is 0 Å². The second-order valence-electron chi connectivity index (χ2n) is 7.49. The third kappa shape index (κ3) is 9.88. The Morgan fingerprint density at radius 3 is 2.30 bits per heavy atom. The van der Waals surface area contributed by atoms with Gasteiger partial charge in [-0.15, -0.1) is 0 Å². The van der Waals surface area contributed by atoms with Gasteiger partial charge in [-0.2, -0.15) is 0 Å². The van der Waals surface area contributed by atoms with Crippen molar-refractivity contribution in [2.45, 2.75) is 27.2 Å². The predicted molar refractivity (Wildman–Crippen MR) is 130 cm³/mol. The Morgan fingerprint density at radius 1 is 0.879 bits per heavy atom. The van der Waals surface area contributed by atoms with E-state index in [2.05, 4.69) is 30.0 Å². The lowest BCUT2D eigenvalue weighted by Gasteiger charge is -2.12. The fraction of sp³-hybridized carbons (Fsp3) is 0.375. The first-order valence-corrected chi connectivity index (χ1v) is 11.2. The van der Waals surface area contributed by atoms with E-state index in [4.69, 9.17) is 26.4 Å². The lowest BCUT2D eigenvalue weighted by molar-refractivity contribution is 0.0934. The summed E-state index contributed by atoms with van der Waals surface area (Å²) in [4.78, 5) is 24.7. The molecule has 0 atom stereocenters. The van der Waals surface area contributed by atoms with Gasteiger partial charge in [0.2, 0.25) is 0 Å². The number of carbonyl (C=O) groups excluding carboxylic acids is 2. The molecule has 0 heterocycles. The molecule has 178 valence electrons. The summed E-state index contributed by atoms with van der Waals surface area (Å²) in [5.41, 5.74) is 5.78. The van der Waals surface area contributed by atoms with Crippen LogP contribution in [0.1, 0.15) is 47.9 Å². The monoisotopic (exact) mass is 473 g/mol. The molecule has 0 fully saturated rings. The van der Waals surface area contributed by atoms with E-state index in [0.29, 0.717) is 55.0 Å². The molecule has 8 nitrogen and oxygen atoms in total. The highest BCUT2D eigenvalue weighted by Gasteiger charge is 2.11. The number of nitrogens with one attached hydrogen (secondary N) is 3. The van der Waals surface area contributed by atoms with Crippen molar-refractivity contribution >= 4 is 29.1 Å². The summed E-state index contributed by atoms with van der Waals surface area (Å²) in [6.45, 7) is 8.27. The summed E-state index contributed by atoms with van der Waals surface area (Å²) >= 11 is 5.09. The van der Waals surface area contributed by atoms with Gasteiger partial charge in [-0.3, -0.25) is 25.8 Å². The van der Waals surface area contributed by atoms with Crippen LogP contribution in [0.25, 0.3) is 0 Å². The second kappa shape index (κ2) is 14.1. The molecule has 2 rings (SSSR count). The van der Waals surface area contributed by atoms with Gasteiger partial charge in [-0.25, -0.2) is 0 Å². The van der Waals surface area contributed by atoms with Gasteiger partial charge in [0.05, 0.1) is 13.2 Å². The lowest BCUT2D eigenvalue weighted by atomic mass is 10.1. The van der Waals surface area contributed by atoms with E-state index in [1.54, 1.807) is 48.5 Å². The van der Waals surface area contributed by atoms with Crippen LogP contribution in [-0.4, -0.2) is 43.4 Å². The van der Waals surface area contributed by atoms with E-state index in [1.807, 2.05) is 6.92 Å². The van der Waals surface area contributed by atoms with Gasteiger partial charge < -0.3 is 14.2 Å². The molecule has 0 aliphatic heterocycles. The standard InChI is InChI=1S/C24H31N3O5S/c1-4-30-14-15-32-21-7-5-6-19(16-21)22(28)25-24(33)27-26-23(29)18-8-10-20(11-9-18)31-13-12-17(2)3/h5-11,16-17H,4,12-15H2,1-3H3,(H,26,29)(H2,25,27,28,33). The number of hydrogen-bond donors (Lipinski definition) is 3. The summed E-state index contributed by atoms with van der Waals surface area (Å²) in [5, 5.41) is 2.48. The Kier molecular flexibility index (Phi) is 11.1. The largest absolute Gasteiger partial charge is 0.494 e. The van der Waals surface area contributed by atoms with Crippen molar-refractivity contribution in [3.8, 4) is 11.5 Å². The maximum Gasteiger partial charge on any atom is 0.269 e. The van der Waals surface area contributed by atoms with Gasteiger partial charge in [0.25, 0.3) is 11.8 Å². The van der Waals surface area contributed by atoms with Gasteiger partial charge in [0, 0.05) is 17.7 Å². The van der Waals surface area contributed by atoms with Gasteiger partial charge in [-0.1, -0.05) is 19.9 Å². The van der Waals surface area contributed by atoms with Crippen LogP contribution >= 0.6 is 12.2 Å². The molecule has 0 aliphatic carbocycles. The van der Waals surface area contributed by atoms with Crippen molar-refractivity contribution < 1.29 is 23.8 Å². The molecule has 0 spiro atoms. The van der Waals surface area contributed by atoms with Crippen molar-refractivity contribution in [1.82, 2.24) is 16.2 Å². The number of rotatable bonds is 11. The van der Waals surface area contributed by atoms with Crippen molar-refractivity contribution in [2.24, 2.45) is 5.92 Å². The Bertz CT molecular complexity index is 919. The topological polar surface area (TPSA) is 97.9 Å². The molecule has 0 saturated carbocycles. The maximum absolute atomic E-state index is 12.4. The van der Waals surface area contributed by atoms with Crippen LogP contribution < -0.4 is 25.6 Å². The Labute approximate surface area is 200 Å². The molecule has 0 aromatic heterocycles. The zero-order chi connectivity index (χ0) is 24.1. The molecule has 0 saturated heterocycles. The van der Waals surface area contributed by atoms with Crippen LogP contribution in [0.3, 0.4) is 0 Å². The van der Waals surface area contributed by atoms with Crippen LogP contribution in [0.2, 0.25) is 0 Å². The van der Waals surface area contributed by atoms with E-state index < -0.39 is 11.8 Å². The molecular weight excluding hydrogens is 442 g/mol. The highest BCUT2D eigenvalue weighted by Crippen LogP contribution is 2.14. The fourth-order valence-corrected chi connectivity index (χ4v) is 2.74. The third-order valence-electron chi connectivity index (χ3n) is 4.39. The third-order valence-corrected chi connectivity index (χ3v) is 4.60. The van der Waals surface area contributed by atoms with Gasteiger partial charge in [0.1, 0.15) is 18.1 Å². The minimum atomic E-state index is -0.431. The normalized spacial score (nSPS) is 10.4. The average Bonchev–Trinajstić information content (AvgIpc) is 2.80. The molecule has 0 aliphatic rings. The van der Waals surface area contributed by atoms with Crippen LogP contribution in [-0.2, 0) is 4.74 Å². The lowest BCUT2D eigenvalue weighted by Crippen LogP contribution is -2.48. The quantitative estimate of drug-likeness (QED) is 0.261. The molecule has 0 unspecified atom stereocenters. The van der Waals surface area contributed by atoms with Crippen molar-refractivity contribution in [3.63, 3.8) is 0 Å². The first kappa shape index (κ1) is 26.1. The van der Waals surface area contributed by atoms with Crippen molar-refractivity contribution in [2.75, 3.05) is 26.4 Å². The van der Waals surface area contributed by atoms with Gasteiger partial charge >= 0.3 is 0 Å². The van der Waals surface area contributed by atoms with E-state index in [0.717, 1.165) is 6.42 Å². The smallest absolute Gasteiger partial charge is 0.269 e. The summed E-state index contributed by atoms with van der Waals surface area (Å²) < 4.78 is 16.4. The Balaban J connectivity index is 1.77. The zero-order valence-electron chi connectivity index (χ0n) is 19.2. The predicted octanol–water partition coefficient (Wildman–Crippen LogP) is 3.48. The number of thiocarbonyl (C=S) groups is 1. The van der Waals surface area contributed by atoms with E-state index in [1.165, 1.54) is 0 Å². The first-order chi connectivity index (χ1) is 15.9. The van der Waals surface area contributed by atoms with E-state index in [-0.39, 0.29) is 5.11 Å². The summed E-state index contributed by atoms with van der Waals surface area (Å²) in [6.07, 6.45) is 0.959. The second-order valence-corrected chi connectivity index (χ2v) is 7.90. The summed E-state index contributed by atoms with van der Waals surface area (Å²) in [5.74, 6) is 0.983. The molecule has 2 aromatic rings. The fourth-order valence-electron chi connectivity index (χ4n) is 2.60. The SMILES string of the molecule is CCOCCOc1cccc(C(=O)NC(=S)NNC(=O)c2ccc(OCCC(C)C)cc2)c1. The van der Waals surface area contributed by atoms with Gasteiger partial charge in [0.15, 0.2) is 5.11 Å². The van der Waals surface area contributed by atoms with Gasteiger partial charge in [-0.05, 0) is 73.9 Å². The molecule has 2 aromatic carbocycles. The molecule has 33 heavy (non-hydrogen) atoms. The number of ether oxygens (including phenoxy) is 3. The van der Waals surface area contributed by atoms with Crippen LogP contribution in [0.4, 0.5) is 0 Å². The number of benzene rings is 2. The minimum absolute atomic E-state index is 0.0374. The molecule has 0 bridgehead atoms. The number of amides is 2. The van der Waals surface area contributed by atoms with E-state index >= 15 is 0 Å². The van der Waals surface area contributed by atoms with Crippen LogP contribution in [0.5, 0.6) is 11.5 Å². The number of carbonyl (C=O) groups is 2. The number of hydrogen-bond acceptors (Lipinski definition) is 6. The number of hydrazine groups is 1. The highest BCUT2D eigenvalue weighted by molar-refractivity contribution is 7.80. The molecule has 9 heteroatoms. The average molecular weight is 474 g/mol. The minimum Gasteiger partial charge on any atom is -0.494 e. The molecule has 3 N–H and O–H groups in total. The summed E-state index contributed by atoms with van der Waals surface area (Å²) in [7, 11) is 0. The maximum atomic E-state index is 12.4. The first-order valence-electron chi connectivity index (χ1n) is 10.8.